The summed E-state index contributed by atoms with van der Waals surface area (Å²) in [4.78, 5) is 23.8. The van der Waals surface area contributed by atoms with Gasteiger partial charge >= 0.3 is 5.97 Å². The molecule has 0 radical (unpaired) electrons. The van der Waals surface area contributed by atoms with Crippen molar-refractivity contribution in [2.24, 2.45) is 5.92 Å². The number of carbonyl (C=O) groups excluding carboxylic acids is 1. The Morgan fingerprint density at radius 1 is 1.62 bits per heavy atom. The quantitative estimate of drug-likeness (QED) is 0.835. The number of aromatic nitrogens is 2. The average Bonchev–Trinajstić information content (AvgIpc) is 2.83. The Bertz CT molecular complexity index is 431. The van der Waals surface area contributed by atoms with Crippen molar-refractivity contribution in [1.82, 2.24) is 10.2 Å². The second kappa shape index (κ2) is 4.17. The van der Waals surface area contributed by atoms with Crippen molar-refractivity contribution >= 4 is 28.3 Å². The molecule has 0 spiro atoms. The smallest absolute Gasteiger partial charge is 0.308 e. The highest BCUT2D eigenvalue weighted by Crippen LogP contribution is 2.27. The first-order valence-corrected chi connectivity index (χ1v) is 5.79. The zero-order valence-corrected chi connectivity index (χ0v) is 9.53. The number of rotatable bonds is 3. The fourth-order valence-corrected chi connectivity index (χ4v) is 2.36. The topological polar surface area (TPSA) is 83.4 Å². The Morgan fingerprint density at radius 2 is 2.38 bits per heavy atom. The summed E-state index contributed by atoms with van der Waals surface area (Å²) >= 11 is 1.34. The molecule has 1 aliphatic rings. The van der Waals surface area contributed by atoms with Crippen molar-refractivity contribution in [2.75, 3.05) is 11.4 Å². The molecule has 6 nitrogen and oxygen atoms in total. The summed E-state index contributed by atoms with van der Waals surface area (Å²) in [6, 6.07) is 0. The SMILES string of the molecule is CCc1nnc(N2C[C@@H](C(=O)O)CC2=O)s1. The van der Waals surface area contributed by atoms with Crippen LogP contribution in [0.5, 0.6) is 0 Å². The van der Waals surface area contributed by atoms with Gasteiger partial charge in [-0.05, 0) is 6.42 Å². The van der Waals surface area contributed by atoms with Gasteiger partial charge in [0.15, 0.2) is 0 Å². The van der Waals surface area contributed by atoms with Crippen LogP contribution < -0.4 is 4.90 Å². The lowest BCUT2D eigenvalue weighted by Crippen LogP contribution is -2.25. The number of hydrogen-bond donors (Lipinski definition) is 1. The van der Waals surface area contributed by atoms with E-state index in [1.165, 1.54) is 16.2 Å². The predicted octanol–water partition coefficient (Wildman–Crippen LogP) is 0.538. The Hall–Kier alpha value is -1.50. The second-order valence-corrected chi connectivity index (χ2v) is 4.62. The molecule has 0 unspecified atom stereocenters. The molecule has 1 atom stereocenters. The van der Waals surface area contributed by atoms with Crippen LogP contribution in [-0.2, 0) is 16.0 Å². The number of nitrogens with zero attached hydrogens (tertiary/aromatic N) is 3. The van der Waals surface area contributed by atoms with E-state index in [2.05, 4.69) is 10.2 Å². The van der Waals surface area contributed by atoms with E-state index in [0.29, 0.717) is 5.13 Å². The third-order valence-electron chi connectivity index (χ3n) is 2.46. The lowest BCUT2D eigenvalue weighted by molar-refractivity contribution is -0.141. The Labute approximate surface area is 95.9 Å². The maximum Gasteiger partial charge on any atom is 0.308 e. The van der Waals surface area contributed by atoms with Crippen LogP contribution in [0.4, 0.5) is 5.13 Å². The first-order valence-electron chi connectivity index (χ1n) is 4.97. The summed E-state index contributed by atoms with van der Waals surface area (Å²) in [5.41, 5.74) is 0. The van der Waals surface area contributed by atoms with E-state index in [0.717, 1.165) is 11.4 Å². The number of carboxylic acid groups (broad SMARTS) is 1. The van der Waals surface area contributed by atoms with Crippen LogP contribution in [0.1, 0.15) is 18.4 Å². The van der Waals surface area contributed by atoms with Crippen molar-refractivity contribution in [3.8, 4) is 0 Å². The first-order chi connectivity index (χ1) is 7.61. The Morgan fingerprint density at radius 3 is 2.88 bits per heavy atom. The fourth-order valence-electron chi connectivity index (χ4n) is 1.55. The minimum Gasteiger partial charge on any atom is -0.481 e. The molecule has 1 aromatic rings. The summed E-state index contributed by atoms with van der Waals surface area (Å²) in [5, 5.41) is 18.0. The third-order valence-corrected chi connectivity index (χ3v) is 3.55. The first kappa shape index (κ1) is 11.0. The third kappa shape index (κ3) is 1.90. The summed E-state index contributed by atoms with van der Waals surface area (Å²) in [5.74, 6) is -1.75. The number of aryl methyl sites for hydroxylation is 1. The fraction of sp³-hybridized carbons (Fsp3) is 0.556. The lowest BCUT2D eigenvalue weighted by atomic mass is 10.1. The van der Waals surface area contributed by atoms with Gasteiger partial charge in [0.1, 0.15) is 5.01 Å². The van der Waals surface area contributed by atoms with E-state index in [1.807, 2.05) is 6.92 Å². The van der Waals surface area contributed by atoms with Crippen LogP contribution >= 0.6 is 11.3 Å². The minimum absolute atomic E-state index is 0.0520. The molecular weight excluding hydrogens is 230 g/mol. The van der Waals surface area contributed by atoms with E-state index in [1.54, 1.807) is 0 Å². The van der Waals surface area contributed by atoms with Crippen molar-refractivity contribution in [3.05, 3.63) is 5.01 Å². The van der Waals surface area contributed by atoms with Gasteiger partial charge in [-0.3, -0.25) is 14.5 Å². The van der Waals surface area contributed by atoms with Crippen LogP contribution in [0.15, 0.2) is 0 Å². The van der Waals surface area contributed by atoms with Crippen molar-refractivity contribution in [3.63, 3.8) is 0 Å². The molecule has 2 heterocycles. The molecule has 1 aromatic heterocycles. The normalized spacial score (nSPS) is 20.4. The van der Waals surface area contributed by atoms with Gasteiger partial charge in [-0.1, -0.05) is 18.3 Å². The number of anilines is 1. The van der Waals surface area contributed by atoms with Crippen LogP contribution in [0.25, 0.3) is 0 Å². The maximum atomic E-state index is 11.6. The number of carboxylic acids is 1. The largest absolute Gasteiger partial charge is 0.481 e. The molecule has 1 amide bonds. The highest BCUT2D eigenvalue weighted by Gasteiger charge is 2.36. The van der Waals surface area contributed by atoms with E-state index >= 15 is 0 Å². The van der Waals surface area contributed by atoms with E-state index < -0.39 is 11.9 Å². The van der Waals surface area contributed by atoms with Gasteiger partial charge < -0.3 is 5.11 Å². The van der Waals surface area contributed by atoms with Crippen LogP contribution in [0.3, 0.4) is 0 Å². The molecule has 1 N–H and O–H groups in total. The molecule has 0 aliphatic carbocycles. The highest BCUT2D eigenvalue weighted by atomic mass is 32.1. The zero-order valence-electron chi connectivity index (χ0n) is 8.71. The zero-order chi connectivity index (χ0) is 11.7. The van der Waals surface area contributed by atoms with Gasteiger partial charge in [-0.15, -0.1) is 10.2 Å². The van der Waals surface area contributed by atoms with Gasteiger partial charge in [0, 0.05) is 13.0 Å². The summed E-state index contributed by atoms with van der Waals surface area (Å²) < 4.78 is 0. The molecule has 16 heavy (non-hydrogen) atoms. The average molecular weight is 241 g/mol. The molecule has 1 saturated heterocycles. The highest BCUT2D eigenvalue weighted by molar-refractivity contribution is 7.15. The second-order valence-electron chi connectivity index (χ2n) is 3.58. The van der Waals surface area contributed by atoms with Gasteiger partial charge in [0.2, 0.25) is 11.0 Å². The molecule has 0 saturated carbocycles. The number of aliphatic carboxylic acids is 1. The molecule has 0 bridgehead atoms. The Kier molecular flexibility index (Phi) is 2.86. The Balaban J connectivity index is 2.16. The molecular formula is C9H11N3O3S. The van der Waals surface area contributed by atoms with Crippen LogP contribution in [-0.4, -0.2) is 33.7 Å². The lowest BCUT2D eigenvalue weighted by Gasteiger charge is -2.10. The van der Waals surface area contributed by atoms with Crippen molar-refractivity contribution in [2.45, 2.75) is 19.8 Å². The monoisotopic (exact) mass is 241 g/mol. The van der Waals surface area contributed by atoms with Gasteiger partial charge in [-0.25, -0.2) is 0 Å². The molecule has 2 rings (SSSR count). The maximum absolute atomic E-state index is 11.6. The molecule has 0 aromatic carbocycles. The predicted molar refractivity (Wildman–Crippen MR) is 57.4 cm³/mol. The van der Waals surface area contributed by atoms with Crippen molar-refractivity contribution in [1.29, 1.82) is 0 Å². The molecule has 86 valence electrons. The molecule has 1 aliphatic heterocycles. The minimum atomic E-state index is -0.934. The van der Waals surface area contributed by atoms with Crippen LogP contribution in [0.2, 0.25) is 0 Å². The van der Waals surface area contributed by atoms with Crippen LogP contribution in [0, 0.1) is 5.92 Å². The van der Waals surface area contributed by atoms with E-state index in [4.69, 9.17) is 5.11 Å². The summed E-state index contributed by atoms with van der Waals surface area (Å²) in [6.07, 6.45) is 0.818. The van der Waals surface area contributed by atoms with E-state index in [9.17, 15) is 9.59 Å². The standard InChI is InChI=1S/C9H11N3O3S/c1-2-6-10-11-9(16-6)12-4-5(8(14)15)3-7(12)13/h5H,2-4H2,1H3,(H,14,15)/t5-/m0/s1. The van der Waals surface area contributed by atoms with Gasteiger partial charge in [0.25, 0.3) is 0 Å². The number of carbonyl (C=O) groups is 2. The summed E-state index contributed by atoms with van der Waals surface area (Å²) in [6.45, 7) is 2.16. The number of amides is 1. The van der Waals surface area contributed by atoms with E-state index in [-0.39, 0.29) is 18.9 Å². The number of hydrogen-bond acceptors (Lipinski definition) is 5. The molecule has 1 fully saturated rings. The van der Waals surface area contributed by atoms with Gasteiger partial charge in [0.05, 0.1) is 5.92 Å². The molecule has 7 heteroatoms. The summed E-state index contributed by atoms with van der Waals surface area (Å²) in [7, 11) is 0. The van der Waals surface area contributed by atoms with Crippen molar-refractivity contribution < 1.29 is 14.7 Å². The van der Waals surface area contributed by atoms with Gasteiger partial charge in [-0.2, -0.15) is 0 Å².